The average molecular weight is 302 g/mol. The van der Waals surface area contributed by atoms with Gasteiger partial charge in [0, 0.05) is 16.9 Å². The largest absolute Gasteiger partial charge is 0.389 e. The maximum Gasteiger partial charge on any atom is 0.248 e. The summed E-state index contributed by atoms with van der Waals surface area (Å²) in [6.07, 6.45) is 0. The topological polar surface area (TPSA) is 72.9 Å². The number of thiocarbonyl (C=S) groups is 1. The molecule has 0 aliphatic rings. The Morgan fingerprint density at radius 1 is 1.33 bits per heavy atom. The van der Waals surface area contributed by atoms with E-state index in [1.807, 2.05) is 26.8 Å². The summed E-state index contributed by atoms with van der Waals surface area (Å²) in [4.78, 5) is 12.6. The van der Waals surface area contributed by atoms with Crippen LogP contribution in [0.1, 0.15) is 29.9 Å². The minimum absolute atomic E-state index is 0.121. The van der Waals surface area contributed by atoms with E-state index in [0.717, 1.165) is 17.0 Å². The highest BCUT2D eigenvalue weighted by Gasteiger charge is 2.17. The van der Waals surface area contributed by atoms with Gasteiger partial charge in [0.15, 0.2) is 0 Å². The van der Waals surface area contributed by atoms with Crippen molar-refractivity contribution in [2.24, 2.45) is 5.73 Å². The molecule has 0 radical (unpaired) electrons. The van der Waals surface area contributed by atoms with Crippen LogP contribution in [0.4, 0.5) is 5.69 Å². The maximum atomic E-state index is 12.3. The van der Waals surface area contributed by atoms with Crippen molar-refractivity contribution in [2.75, 3.05) is 5.32 Å². The number of nitrogens with zero attached hydrogens (tertiary/aromatic N) is 2. The Labute approximate surface area is 129 Å². The Kier molecular flexibility index (Phi) is 4.37. The second kappa shape index (κ2) is 6.05. The number of hydrogen-bond donors (Lipinski definition) is 2. The summed E-state index contributed by atoms with van der Waals surface area (Å²) < 4.78 is 1.72. The van der Waals surface area contributed by atoms with Gasteiger partial charge in [0.2, 0.25) is 5.91 Å². The summed E-state index contributed by atoms with van der Waals surface area (Å²) in [6.45, 7) is 5.65. The Bertz CT molecular complexity index is 675. The number of aromatic nitrogens is 2. The first kappa shape index (κ1) is 15.2. The normalized spacial score (nSPS) is 12.0. The van der Waals surface area contributed by atoms with Crippen LogP contribution >= 0.6 is 12.2 Å². The average Bonchev–Trinajstić information content (AvgIpc) is 2.77. The molecule has 0 aliphatic carbocycles. The minimum atomic E-state index is -0.381. The van der Waals surface area contributed by atoms with Gasteiger partial charge < -0.3 is 11.1 Å². The molecule has 1 aromatic heterocycles. The zero-order chi connectivity index (χ0) is 15.6. The van der Waals surface area contributed by atoms with E-state index in [4.69, 9.17) is 18.0 Å². The van der Waals surface area contributed by atoms with Crippen molar-refractivity contribution in [3.8, 4) is 0 Å². The van der Waals surface area contributed by atoms with Crippen LogP contribution in [0.3, 0.4) is 0 Å². The van der Waals surface area contributed by atoms with E-state index in [-0.39, 0.29) is 11.9 Å². The van der Waals surface area contributed by atoms with E-state index in [2.05, 4.69) is 10.4 Å². The lowest BCUT2D eigenvalue weighted by Crippen LogP contribution is -2.25. The molecule has 5 nitrogen and oxygen atoms in total. The Morgan fingerprint density at radius 3 is 2.43 bits per heavy atom. The van der Waals surface area contributed by atoms with Crippen molar-refractivity contribution < 1.29 is 4.79 Å². The van der Waals surface area contributed by atoms with E-state index in [1.54, 1.807) is 28.9 Å². The van der Waals surface area contributed by atoms with Gasteiger partial charge in [-0.05, 0) is 51.1 Å². The lowest BCUT2D eigenvalue weighted by molar-refractivity contribution is -0.119. The third-order valence-corrected chi connectivity index (χ3v) is 3.46. The van der Waals surface area contributed by atoms with E-state index >= 15 is 0 Å². The fourth-order valence-electron chi connectivity index (χ4n) is 2.11. The van der Waals surface area contributed by atoms with Gasteiger partial charge in [0.25, 0.3) is 0 Å². The molecular formula is C15H18N4OS. The van der Waals surface area contributed by atoms with E-state index in [9.17, 15) is 4.79 Å². The number of hydrogen-bond acceptors (Lipinski definition) is 3. The second-order valence-corrected chi connectivity index (χ2v) is 5.42. The lowest BCUT2D eigenvalue weighted by atomic mass is 10.2. The third kappa shape index (κ3) is 3.46. The summed E-state index contributed by atoms with van der Waals surface area (Å²) in [5.41, 5.74) is 8.87. The van der Waals surface area contributed by atoms with Gasteiger partial charge in [0.1, 0.15) is 11.0 Å². The number of carbonyl (C=O) groups excluding carboxylic acids is 1. The predicted molar refractivity (Wildman–Crippen MR) is 87.4 cm³/mol. The van der Waals surface area contributed by atoms with Crippen LogP contribution in [0.15, 0.2) is 30.3 Å². The highest BCUT2D eigenvalue weighted by molar-refractivity contribution is 7.80. The molecule has 2 rings (SSSR count). The summed E-state index contributed by atoms with van der Waals surface area (Å²) in [6, 6.07) is 8.69. The van der Waals surface area contributed by atoms with Crippen LogP contribution in [-0.2, 0) is 4.79 Å². The molecule has 21 heavy (non-hydrogen) atoms. The molecule has 2 aromatic rings. The molecule has 1 heterocycles. The predicted octanol–water partition coefficient (Wildman–Crippen LogP) is 2.33. The monoisotopic (exact) mass is 302 g/mol. The molecule has 3 N–H and O–H groups in total. The van der Waals surface area contributed by atoms with E-state index in [1.165, 1.54) is 0 Å². The van der Waals surface area contributed by atoms with E-state index in [0.29, 0.717) is 10.7 Å². The summed E-state index contributed by atoms with van der Waals surface area (Å²) >= 11 is 4.89. The van der Waals surface area contributed by atoms with Crippen LogP contribution in [0, 0.1) is 13.8 Å². The molecule has 0 saturated carbocycles. The number of rotatable bonds is 4. The first-order valence-electron chi connectivity index (χ1n) is 6.62. The highest BCUT2D eigenvalue weighted by Crippen LogP contribution is 2.15. The minimum Gasteiger partial charge on any atom is -0.389 e. The van der Waals surface area contributed by atoms with E-state index < -0.39 is 0 Å². The van der Waals surface area contributed by atoms with Gasteiger partial charge in [-0.3, -0.25) is 9.48 Å². The molecule has 1 atom stereocenters. The third-order valence-electron chi connectivity index (χ3n) is 3.23. The zero-order valence-electron chi connectivity index (χ0n) is 12.3. The summed E-state index contributed by atoms with van der Waals surface area (Å²) in [5, 5.41) is 7.19. The van der Waals surface area contributed by atoms with Crippen molar-refractivity contribution in [2.45, 2.75) is 26.8 Å². The van der Waals surface area contributed by atoms with Gasteiger partial charge in [-0.1, -0.05) is 12.2 Å². The van der Waals surface area contributed by atoms with Crippen molar-refractivity contribution >= 4 is 28.8 Å². The van der Waals surface area contributed by atoms with Gasteiger partial charge in [-0.25, -0.2) is 0 Å². The first-order valence-corrected chi connectivity index (χ1v) is 7.03. The Hall–Kier alpha value is -2.21. The summed E-state index contributed by atoms with van der Waals surface area (Å²) in [7, 11) is 0. The SMILES string of the molecule is Cc1cc(C)n(C(C)C(=O)Nc2ccc(C(N)=S)cc2)n1. The number of anilines is 1. The van der Waals surface area contributed by atoms with Crippen molar-refractivity contribution in [3.63, 3.8) is 0 Å². The zero-order valence-corrected chi connectivity index (χ0v) is 13.1. The van der Waals surface area contributed by atoms with Crippen LogP contribution in [0.5, 0.6) is 0 Å². The van der Waals surface area contributed by atoms with Gasteiger partial charge in [-0.15, -0.1) is 0 Å². The number of carbonyl (C=O) groups is 1. The quantitative estimate of drug-likeness (QED) is 0.850. The molecule has 0 spiro atoms. The molecule has 0 saturated heterocycles. The van der Waals surface area contributed by atoms with Crippen molar-refractivity contribution in [1.82, 2.24) is 9.78 Å². The Morgan fingerprint density at radius 2 is 1.95 bits per heavy atom. The van der Waals surface area contributed by atoms with Crippen LogP contribution < -0.4 is 11.1 Å². The molecule has 1 unspecified atom stereocenters. The first-order chi connectivity index (χ1) is 9.88. The summed E-state index contributed by atoms with van der Waals surface area (Å²) in [5.74, 6) is -0.121. The van der Waals surface area contributed by atoms with Crippen LogP contribution in [0.2, 0.25) is 0 Å². The van der Waals surface area contributed by atoms with Gasteiger partial charge in [0.05, 0.1) is 5.69 Å². The fraction of sp³-hybridized carbons (Fsp3) is 0.267. The van der Waals surface area contributed by atoms with Crippen molar-refractivity contribution in [1.29, 1.82) is 0 Å². The molecule has 0 bridgehead atoms. The lowest BCUT2D eigenvalue weighted by Gasteiger charge is -2.14. The molecule has 110 valence electrons. The number of nitrogens with one attached hydrogen (secondary N) is 1. The van der Waals surface area contributed by atoms with Crippen LogP contribution in [-0.4, -0.2) is 20.7 Å². The Balaban J connectivity index is 2.10. The van der Waals surface area contributed by atoms with Gasteiger partial charge in [-0.2, -0.15) is 5.10 Å². The number of aryl methyl sites for hydroxylation is 2. The van der Waals surface area contributed by atoms with Crippen LogP contribution in [0.25, 0.3) is 0 Å². The number of benzene rings is 1. The fourth-order valence-corrected chi connectivity index (χ4v) is 2.25. The van der Waals surface area contributed by atoms with Gasteiger partial charge >= 0.3 is 0 Å². The standard InChI is InChI=1S/C15H18N4OS/c1-9-8-10(2)19(18-9)11(3)15(20)17-13-6-4-12(5-7-13)14(16)21/h4-8,11H,1-3H3,(H2,16,21)(H,17,20). The molecule has 6 heteroatoms. The van der Waals surface area contributed by atoms with Crippen molar-refractivity contribution in [3.05, 3.63) is 47.3 Å². The smallest absolute Gasteiger partial charge is 0.248 e. The molecule has 1 amide bonds. The number of nitrogens with two attached hydrogens (primary N) is 1. The highest BCUT2D eigenvalue weighted by atomic mass is 32.1. The molecule has 0 aliphatic heterocycles. The molecule has 1 aromatic carbocycles. The molecule has 0 fully saturated rings. The maximum absolute atomic E-state index is 12.3. The second-order valence-electron chi connectivity index (χ2n) is 4.98. The molecular weight excluding hydrogens is 284 g/mol. The number of amides is 1.